The zero-order valence-electron chi connectivity index (χ0n) is 9.57. The van der Waals surface area contributed by atoms with Crippen molar-refractivity contribution in [2.45, 2.75) is 38.3 Å². The van der Waals surface area contributed by atoms with Gasteiger partial charge >= 0.3 is 0 Å². The van der Waals surface area contributed by atoms with E-state index in [4.69, 9.17) is 21.1 Å². The number of hydrogen-bond acceptors (Lipinski definition) is 2. The fraction of sp³-hybridized carbons (Fsp3) is 0.462. The molecule has 0 aliphatic carbocycles. The minimum atomic E-state index is -0.563. The number of ether oxygens (including phenoxy) is 2. The highest BCUT2D eigenvalue weighted by Crippen LogP contribution is 2.41. The topological polar surface area (TPSA) is 18.5 Å². The van der Waals surface area contributed by atoms with Gasteiger partial charge in [0.05, 0.1) is 6.10 Å². The predicted octanol–water partition coefficient (Wildman–Crippen LogP) is 3.76. The Bertz CT molecular complexity index is 376. The van der Waals surface area contributed by atoms with Crippen molar-refractivity contribution in [3.63, 3.8) is 0 Å². The summed E-state index contributed by atoms with van der Waals surface area (Å²) in [7, 11) is 0. The van der Waals surface area contributed by atoms with Crippen LogP contribution >= 0.6 is 11.6 Å². The number of rotatable bonds is 2. The van der Waals surface area contributed by atoms with E-state index in [1.54, 1.807) is 0 Å². The molecule has 1 aliphatic heterocycles. The lowest BCUT2D eigenvalue weighted by molar-refractivity contribution is -0.146. The van der Waals surface area contributed by atoms with Crippen LogP contribution in [0.5, 0.6) is 0 Å². The van der Waals surface area contributed by atoms with Crippen molar-refractivity contribution >= 4 is 11.6 Å². The lowest BCUT2D eigenvalue weighted by Gasteiger charge is -2.17. The number of hydrogen-bond donors (Lipinski definition) is 0. The molecule has 1 aromatic rings. The highest BCUT2D eigenvalue weighted by atomic mass is 35.5. The molecule has 0 N–H and O–H groups in total. The van der Waals surface area contributed by atoms with Gasteiger partial charge in [0.15, 0.2) is 5.79 Å². The molecule has 0 aromatic heterocycles. The molecule has 87 valence electrons. The van der Waals surface area contributed by atoms with E-state index in [0.717, 1.165) is 5.56 Å². The summed E-state index contributed by atoms with van der Waals surface area (Å²) < 4.78 is 11.6. The second-order valence-electron chi connectivity index (χ2n) is 4.40. The van der Waals surface area contributed by atoms with Crippen LogP contribution in [-0.4, -0.2) is 11.9 Å². The number of halogens is 1. The Balaban J connectivity index is 2.30. The quantitative estimate of drug-likeness (QED) is 0.783. The van der Waals surface area contributed by atoms with Crippen molar-refractivity contribution in [3.05, 3.63) is 41.8 Å². The molecule has 1 saturated heterocycles. The Hall–Kier alpha value is -0.570. The van der Waals surface area contributed by atoms with Gasteiger partial charge in [0.1, 0.15) is 6.10 Å². The van der Waals surface area contributed by atoms with Gasteiger partial charge < -0.3 is 9.47 Å². The molecule has 2 nitrogen and oxygen atoms in total. The smallest absolute Gasteiger partial charge is 0.164 e. The third-order valence-electron chi connectivity index (χ3n) is 2.68. The van der Waals surface area contributed by atoms with E-state index in [2.05, 4.69) is 6.92 Å². The SMILES string of the molecule is [CH2]CC1OC(C)(C)OC1c1ccccc1Cl. The molecule has 2 unspecified atom stereocenters. The van der Waals surface area contributed by atoms with Crippen LogP contribution in [0.3, 0.4) is 0 Å². The van der Waals surface area contributed by atoms with Crippen molar-refractivity contribution in [1.82, 2.24) is 0 Å². The van der Waals surface area contributed by atoms with Gasteiger partial charge in [0.25, 0.3) is 0 Å². The Morgan fingerprint density at radius 2 is 2.00 bits per heavy atom. The maximum atomic E-state index is 6.16. The summed E-state index contributed by atoms with van der Waals surface area (Å²) in [5, 5.41) is 0.715. The van der Waals surface area contributed by atoms with Crippen molar-refractivity contribution in [3.8, 4) is 0 Å². The number of benzene rings is 1. The Labute approximate surface area is 102 Å². The van der Waals surface area contributed by atoms with Crippen LogP contribution < -0.4 is 0 Å². The van der Waals surface area contributed by atoms with Gasteiger partial charge in [-0.05, 0) is 26.3 Å². The first kappa shape index (κ1) is 11.9. The average molecular weight is 240 g/mol. The molecule has 1 aliphatic rings. The van der Waals surface area contributed by atoms with Gasteiger partial charge in [0, 0.05) is 10.6 Å². The van der Waals surface area contributed by atoms with Crippen LogP contribution in [0.4, 0.5) is 0 Å². The highest BCUT2D eigenvalue weighted by Gasteiger charge is 2.41. The Morgan fingerprint density at radius 3 is 2.62 bits per heavy atom. The molecule has 0 amide bonds. The lowest BCUT2D eigenvalue weighted by Crippen LogP contribution is -2.21. The molecule has 1 heterocycles. The Morgan fingerprint density at radius 1 is 1.31 bits per heavy atom. The maximum absolute atomic E-state index is 6.16. The molecule has 0 saturated carbocycles. The first-order valence-electron chi connectivity index (χ1n) is 5.43. The summed E-state index contributed by atoms with van der Waals surface area (Å²) in [6.45, 7) is 7.71. The standard InChI is InChI=1S/C13H16ClO2/c1-4-11-12(16-13(2,3)15-11)9-7-5-6-8-10(9)14/h5-8,11-12H,1,4H2,2-3H3. The molecule has 1 fully saturated rings. The lowest BCUT2D eigenvalue weighted by atomic mass is 10.0. The molecule has 1 radical (unpaired) electrons. The third kappa shape index (κ3) is 2.24. The minimum Gasteiger partial charge on any atom is -0.344 e. The fourth-order valence-corrected chi connectivity index (χ4v) is 2.26. The molecule has 0 spiro atoms. The van der Waals surface area contributed by atoms with Crippen molar-refractivity contribution in [1.29, 1.82) is 0 Å². The van der Waals surface area contributed by atoms with Crippen molar-refractivity contribution in [2.24, 2.45) is 0 Å². The normalized spacial score (nSPS) is 28.2. The van der Waals surface area contributed by atoms with Gasteiger partial charge in [-0.3, -0.25) is 0 Å². The van der Waals surface area contributed by atoms with Crippen LogP contribution in [0.15, 0.2) is 24.3 Å². The largest absolute Gasteiger partial charge is 0.344 e. The molecule has 0 bridgehead atoms. The van der Waals surface area contributed by atoms with E-state index in [9.17, 15) is 0 Å². The zero-order valence-corrected chi connectivity index (χ0v) is 10.3. The third-order valence-corrected chi connectivity index (χ3v) is 3.02. The van der Waals surface area contributed by atoms with Crippen molar-refractivity contribution < 1.29 is 9.47 Å². The van der Waals surface area contributed by atoms with Gasteiger partial charge in [-0.2, -0.15) is 0 Å². The van der Waals surface area contributed by atoms with Crippen LogP contribution in [0.2, 0.25) is 5.02 Å². The Kier molecular flexibility index (Phi) is 3.24. The van der Waals surface area contributed by atoms with Gasteiger partial charge in [-0.25, -0.2) is 0 Å². The summed E-state index contributed by atoms with van der Waals surface area (Å²) in [6, 6.07) is 7.70. The monoisotopic (exact) mass is 239 g/mol. The summed E-state index contributed by atoms with van der Waals surface area (Å²) in [4.78, 5) is 0. The molecule has 16 heavy (non-hydrogen) atoms. The fourth-order valence-electron chi connectivity index (χ4n) is 2.02. The zero-order chi connectivity index (χ0) is 11.8. The highest BCUT2D eigenvalue weighted by molar-refractivity contribution is 6.31. The van der Waals surface area contributed by atoms with E-state index < -0.39 is 5.79 Å². The van der Waals surface area contributed by atoms with Gasteiger partial charge in [0.2, 0.25) is 0 Å². The van der Waals surface area contributed by atoms with Crippen LogP contribution in [0.25, 0.3) is 0 Å². The second kappa shape index (κ2) is 4.36. The molecule has 3 heteroatoms. The van der Waals surface area contributed by atoms with E-state index in [1.807, 2.05) is 38.1 Å². The van der Waals surface area contributed by atoms with Crippen LogP contribution in [0, 0.1) is 6.92 Å². The first-order valence-corrected chi connectivity index (χ1v) is 5.80. The molecule has 1 aromatic carbocycles. The summed E-state index contributed by atoms with van der Waals surface area (Å²) in [6.07, 6.45) is 0.510. The summed E-state index contributed by atoms with van der Waals surface area (Å²) >= 11 is 6.16. The molecular formula is C13H16ClO2. The van der Waals surface area contributed by atoms with Gasteiger partial charge in [-0.1, -0.05) is 36.7 Å². The molecule has 2 rings (SSSR count). The van der Waals surface area contributed by atoms with Crippen LogP contribution in [-0.2, 0) is 9.47 Å². The average Bonchev–Trinajstić information content (AvgIpc) is 2.54. The second-order valence-corrected chi connectivity index (χ2v) is 4.81. The van der Waals surface area contributed by atoms with Gasteiger partial charge in [-0.15, -0.1) is 0 Å². The first-order chi connectivity index (χ1) is 7.53. The predicted molar refractivity (Wildman–Crippen MR) is 64.2 cm³/mol. The van der Waals surface area contributed by atoms with E-state index in [1.165, 1.54) is 0 Å². The van der Waals surface area contributed by atoms with E-state index in [0.29, 0.717) is 11.4 Å². The molecule has 2 atom stereocenters. The molecular weight excluding hydrogens is 224 g/mol. The minimum absolute atomic E-state index is 0.0325. The summed E-state index contributed by atoms with van der Waals surface area (Å²) in [5.74, 6) is -0.563. The van der Waals surface area contributed by atoms with E-state index in [-0.39, 0.29) is 12.2 Å². The van der Waals surface area contributed by atoms with Crippen molar-refractivity contribution in [2.75, 3.05) is 0 Å². The van der Waals surface area contributed by atoms with Crippen LogP contribution in [0.1, 0.15) is 31.9 Å². The maximum Gasteiger partial charge on any atom is 0.164 e. The van der Waals surface area contributed by atoms with E-state index >= 15 is 0 Å². The summed E-state index contributed by atoms with van der Waals surface area (Å²) in [5.41, 5.74) is 0.975.